The molecule has 1 aliphatic rings. The maximum atomic E-state index is 10.1. The molecule has 2 aromatic rings. The van der Waals surface area contributed by atoms with Crippen molar-refractivity contribution < 1.29 is 9.84 Å². The minimum atomic E-state index is 0.228. The van der Waals surface area contributed by atoms with E-state index in [1.807, 2.05) is 30.3 Å². The number of hydrogen-bond donors (Lipinski definition) is 2. The zero-order chi connectivity index (χ0) is 14.8. The lowest BCUT2D eigenvalue weighted by Crippen LogP contribution is -2.05. The van der Waals surface area contributed by atoms with Gasteiger partial charge in [-0.25, -0.2) is 0 Å². The van der Waals surface area contributed by atoms with Gasteiger partial charge in [0.1, 0.15) is 11.5 Å². The van der Waals surface area contributed by atoms with Gasteiger partial charge in [0.25, 0.3) is 0 Å². The van der Waals surface area contributed by atoms with Crippen LogP contribution in [0.1, 0.15) is 18.7 Å². The molecule has 0 saturated carbocycles. The van der Waals surface area contributed by atoms with Crippen molar-refractivity contribution in [2.75, 3.05) is 7.11 Å². The van der Waals surface area contributed by atoms with Gasteiger partial charge in [0, 0.05) is 0 Å². The fourth-order valence-electron chi connectivity index (χ4n) is 2.38. The molecule has 1 aromatic carbocycles. The van der Waals surface area contributed by atoms with Gasteiger partial charge in [0.15, 0.2) is 10.6 Å². The number of benzene rings is 1. The number of nitrogens with one attached hydrogen (secondary N) is 1. The number of aliphatic hydroxyl groups excluding tert-OH is 1. The molecular formula is C15H15N3O2S. The second-order valence-electron chi connectivity index (χ2n) is 4.64. The Morgan fingerprint density at radius 2 is 2.05 bits per heavy atom. The molecular weight excluding hydrogens is 286 g/mol. The number of rotatable bonds is 3. The van der Waals surface area contributed by atoms with Gasteiger partial charge in [0.05, 0.1) is 18.4 Å². The summed E-state index contributed by atoms with van der Waals surface area (Å²) in [5.74, 6) is 1.50. The van der Waals surface area contributed by atoms with Crippen LogP contribution < -0.4 is 4.74 Å². The van der Waals surface area contributed by atoms with Crippen molar-refractivity contribution in [3.63, 3.8) is 0 Å². The van der Waals surface area contributed by atoms with Crippen LogP contribution in [-0.2, 0) is 0 Å². The van der Waals surface area contributed by atoms with E-state index < -0.39 is 0 Å². The predicted molar refractivity (Wildman–Crippen MR) is 83.2 cm³/mol. The van der Waals surface area contributed by atoms with Gasteiger partial charge >= 0.3 is 0 Å². The van der Waals surface area contributed by atoms with Gasteiger partial charge in [-0.05, 0) is 43.3 Å². The summed E-state index contributed by atoms with van der Waals surface area (Å²) in [5.41, 5.74) is 1.47. The van der Waals surface area contributed by atoms with E-state index in [0.717, 1.165) is 18.5 Å². The Kier molecular flexibility index (Phi) is 3.62. The van der Waals surface area contributed by atoms with Gasteiger partial charge in [-0.2, -0.15) is 5.10 Å². The zero-order valence-electron chi connectivity index (χ0n) is 11.5. The monoisotopic (exact) mass is 301 g/mol. The van der Waals surface area contributed by atoms with Crippen molar-refractivity contribution in [3.05, 3.63) is 52.8 Å². The number of H-pyrrole nitrogens is 1. The summed E-state index contributed by atoms with van der Waals surface area (Å²) in [6.07, 6.45) is 5.45. The summed E-state index contributed by atoms with van der Waals surface area (Å²) in [4.78, 5) is 0. The van der Waals surface area contributed by atoms with E-state index >= 15 is 0 Å². The van der Waals surface area contributed by atoms with Crippen LogP contribution in [0.2, 0.25) is 0 Å². The third-order valence-corrected chi connectivity index (χ3v) is 3.64. The van der Waals surface area contributed by atoms with E-state index in [-0.39, 0.29) is 5.76 Å². The molecule has 0 amide bonds. The number of hydrogen-bond acceptors (Lipinski definition) is 4. The normalized spacial score (nSPS) is 14.5. The first-order chi connectivity index (χ1) is 10.2. The molecule has 5 nitrogen and oxygen atoms in total. The fourth-order valence-corrected chi connectivity index (χ4v) is 2.61. The van der Waals surface area contributed by atoms with Gasteiger partial charge in [-0.3, -0.25) is 9.67 Å². The van der Waals surface area contributed by atoms with E-state index in [1.54, 1.807) is 17.8 Å². The third kappa shape index (κ3) is 2.38. The molecule has 0 atom stereocenters. The lowest BCUT2D eigenvalue weighted by molar-refractivity contribution is 0.412. The van der Waals surface area contributed by atoms with Crippen molar-refractivity contribution in [3.8, 4) is 11.4 Å². The van der Waals surface area contributed by atoms with Gasteiger partial charge in [-0.15, -0.1) is 0 Å². The van der Waals surface area contributed by atoms with Crippen LogP contribution in [0.15, 0.2) is 42.2 Å². The Hall–Kier alpha value is -2.34. The summed E-state index contributed by atoms with van der Waals surface area (Å²) in [6, 6.07) is 7.56. The van der Waals surface area contributed by atoms with Crippen LogP contribution in [0.25, 0.3) is 11.3 Å². The molecule has 6 heteroatoms. The number of ether oxygens (including phenoxy) is 1. The molecule has 1 heterocycles. The molecule has 3 rings (SSSR count). The number of aliphatic hydroxyl groups is 1. The molecule has 21 heavy (non-hydrogen) atoms. The van der Waals surface area contributed by atoms with E-state index in [4.69, 9.17) is 17.0 Å². The molecule has 2 N–H and O–H groups in total. The first kappa shape index (κ1) is 13.6. The third-order valence-electron chi connectivity index (χ3n) is 3.37. The highest BCUT2D eigenvalue weighted by Crippen LogP contribution is 2.30. The van der Waals surface area contributed by atoms with E-state index in [2.05, 4.69) is 10.2 Å². The molecule has 0 unspecified atom stereocenters. The molecule has 0 bridgehead atoms. The van der Waals surface area contributed by atoms with Crippen molar-refractivity contribution in [1.82, 2.24) is 14.8 Å². The highest BCUT2D eigenvalue weighted by Gasteiger charge is 2.19. The largest absolute Gasteiger partial charge is 0.508 e. The van der Waals surface area contributed by atoms with Crippen LogP contribution in [0, 0.1) is 4.77 Å². The lowest BCUT2D eigenvalue weighted by atomic mass is 10.0. The topological polar surface area (TPSA) is 63.1 Å². The molecule has 0 spiro atoms. The molecule has 108 valence electrons. The maximum Gasteiger partial charge on any atom is 0.200 e. The molecule has 1 aliphatic carbocycles. The number of para-hydroxylation sites is 2. The van der Waals surface area contributed by atoms with Crippen molar-refractivity contribution in [1.29, 1.82) is 0 Å². The summed E-state index contributed by atoms with van der Waals surface area (Å²) in [6.45, 7) is 0. The number of nitrogens with zero attached hydrogens (tertiary/aromatic N) is 2. The second kappa shape index (κ2) is 5.57. The molecule has 0 radical (unpaired) electrons. The summed E-state index contributed by atoms with van der Waals surface area (Å²) in [7, 11) is 1.61. The van der Waals surface area contributed by atoms with Crippen LogP contribution in [0.3, 0.4) is 0 Å². The van der Waals surface area contributed by atoms with Crippen LogP contribution in [0.5, 0.6) is 5.75 Å². The summed E-state index contributed by atoms with van der Waals surface area (Å²) >= 11 is 5.33. The highest BCUT2D eigenvalue weighted by molar-refractivity contribution is 7.71. The number of allylic oxidation sites excluding steroid dienone is 3. The quantitative estimate of drug-likeness (QED) is 0.851. The highest BCUT2D eigenvalue weighted by atomic mass is 32.1. The lowest BCUT2D eigenvalue weighted by Gasteiger charge is -2.14. The van der Waals surface area contributed by atoms with Crippen molar-refractivity contribution in [2.45, 2.75) is 12.8 Å². The van der Waals surface area contributed by atoms with E-state index in [9.17, 15) is 5.11 Å². The first-order valence-electron chi connectivity index (χ1n) is 6.63. The van der Waals surface area contributed by atoms with Gasteiger partial charge in [0.2, 0.25) is 0 Å². The number of aromatic nitrogens is 3. The standard InChI is InChI=1S/C15H15N3O2S/c1-20-13-9-5-3-7-11(13)18-14(16-17-15(18)21)10-6-2-4-8-12(10)19/h3,5-9,19H,2,4H2,1H3,(H,17,21). The Labute approximate surface area is 127 Å². The van der Waals surface area contributed by atoms with Crippen molar-refractivity contribution in [2.24, 2.45) is 0 Å². The van der Waals surface area contributed by atoms with Crippen LogP contribution in [0.4, 0.5) is 0 Å². The van der Waals surface area contributed by atoms with Crippen LogP contribution >= 0.6 is 12.2 Å². The number of methoxy groups -OCH3 is 1. The Bertz CT molecular complexity index is 786. The molecule has 1 aromatic heterocycles. The minimum Gasteiger partial charge on any atom is -0.508 e. The molecule has 0 saturated heterocycles. The van der Waals surface area contributed by atoms with Crippen LogP contribution in [-0.4, -0.2) is 27.0 Å². The molecule has 0 fully saturated rings. The maximum absolute atomic E-state index is 10.1. The zero-order valence-corrected chi connectivity index (χ0v) is 12.4. The fraction of sp³-hybridized carbons (Fsp3) is 0.200. The van der Waals surface area contributed by atoms with Gasteiger partial charge in [-0.1, -0.05) is 18.2 Å². The summed E-state index contributed by atoms with van der Waals surface area (Å²) in [5, 5.41) is 17.1. The SMILES string of the molecule is COc1ccccc1-n1c(C2=CCCC=C2O)n[nH]c1=S. The Morgan fingerprint density at radius 3 is 2.81 bits per heavy atom. The smallest absolute Gasteiger partial charge is 0.200 e. The number of aromatic amines is 1. The Morgan fingerprint density at radius 1 is 1.29 bits per heavy atom. The van der Waals surface area contributed by atoms with Crippen molar-refractivity contribution >= 4 is 17.8 Å². The summed E-state index contributed by atoms with van der Waals surface area (Å²) < 4.78 is 7.61. The molecule has 0 aliphatic heterocycles. The predicted octanol–water partition coefficient (Wildman–Crippen LogP) is 3.56. The second-order valence-corrected chi connectivity index (χ2v) is 5.03. The Balaban J connectivity index is 2.21. The first-order valence-corrected chi connectivity index (χ1v) is 7.04. The average molecular weight is 301 g/mol. The average Bonchev–Trinajstić information content (AvgIpc) is 2.89. The van der Waals surface area contributed by atoms with E-state index in [1.165, 1.54) is 0 Å². The van der Waals surface area contributed by atoms with Gasteiger partial charge < -0.3 is 9.84 Å². The minimum absolute atomic E-state index is 0.228. The van der Waals surface area contributed by atoms with E-state index in [0.29, 0.717) is 21.9 Å².